The number of hydrogen-bond acceptors (Lipinski definition) is 4. The summed E-state index contributed by atoms with van der Waals surface area (Å²) < 4.78 is 36.9. The van der Waals surface area contributed by atoms with Crippen LogP contribution in [0.2, 0.25) is 0 Å². The highest BCUT2D eigenvalue weighted by atomic mass is 19.3. The Morgan fingerprint density at radius 2 is 1.84 bits per heavy atom. The van der Waals surface area contributed by atoms with Crippen LogP contribution in [0.15, 0.2) is 54.7 Å². The van der Waals surface area contributed by atoms with Crippen molar-refractivity contribution in [3.63, 3.8) is 0 Å². The van der Waals surface area contributed by atoms with Gasteiger partial charge in [-0.15, -0.1) is 0 Å². The molecule has 0 aliphatic carbocycles. The molecule has 0 unspecified atom stereocenters. The third-order valence-corrected chi connectivity index (χ3v) is 4.56. The van der Waals surface area contributed by atoms with Gasteiger partial charge in [-0.05, 0) is 53.8 Å². The lowest BCUT2D eigenvalue weighted by Gasteiger charge is -2.19. The van der Waals surface area contributed by atoms with Crippen molar-refractivity contribution < 1.29 is 23.0 Å². The molecule has 0 atom stereocenters. The lowest BCUT2D eigenvalue weighted by Crippen LogP contribution is -2.15. The predicted molar refractivity (Wildman–Crippen MR) is 114 cm³/mol. The molecule has 6 nitrogen and oxygen atoms in total. The quantitative estimate of drug-likeness (QED) is 0.548. The van der Waals surface area contributed by atoms with Crippen LogP contribution in [0.1, 0.15) is 42.4 Å². The number of ether oxygens (including phenoxy) is 2. The molecule has 2 aromatic carbocycles. The van der Waals surface area contributed by atoms with Gasteiger partial charge in [-0.2, -0.15) is 13.9 Å². The van der Waals surface area contributed by atoms with E-state index in [1.54, 1.807) is 19.2 Å². The average molecular weight is 429 g/mol. The van der Waals surface area contributed by atoms with Crippen LogP contribution >= 0.6 is 0 Å². The first-order chi connectivity index (χ1) is 14.6. The summed E-state index contributed by atoms with van der Waals surface area (Å²) in [6, 6.07) is 13.9. The largest absolute Gasteiger partial charge is 0.471 e. The van der Waals surface area contributed by atoms with E-state index in [2.05, 4.69) is 35.9 Å². The lowest BCUT2D eigenvalue weighted by atomic mass is 9.87. The van der Waals surface area contributed by atoms with E-state index in [9.17, 15) is 13.6 Å². The minimum absolute atomic E-state index is 0.0560. The van der Waals surface area contributed by atoms with E-state index in [1.165, 1.54) is 28.4 Å². The fraction of sp³-hybridized carbons (Fsp3) is 0.304. The van der Waals surface area contributed by atoms with E-state index in [-0.39, 0.29) is 29.3 Å². The number of benzene rings is 2. The number of halogens is 2. The number of carbonyl (C=O) groups excluding carboxylic acids is 1. The molecule has 0 radical (unpaired) electrons. The summed E-state index contributed by atoms with van der Waals surface area (Å²) in [7, 11) is 0. The van der Waals surface area contributed by atoms with Gasteiger partial charge in [0.15, 0.2) is 12.4 Å². The van der Waals surface area contributed by atoms with Gasteiger partial charge in [-0.25, -0.2) is 4.68 Å². The molecule has 0 aliphatic rings. The van der Waals surface area contributed by atoms with Crippen LogP contribution in [0.4, 0.5) is 14.5 Å². The monoisotopic (exact) mass is 429 g/mol. The van der Waals surface area contributed by atoms with E-state index >= 15 is 0 Å². The van der Waals surface area contributed by atoms with Crippen molar-refractivity contribution in [2.45, 2.75) is 46.5 Å². The number of nitrogens with one attached hydrogen (secondary N) is 1. The molecular weight excluding hydrogens is 404 g/mol. The highest BCUT2D eigenvalue weighted by molar-refractivity contribution is 6.03. The molecule has 8 heteroatoms. The van der Waals surface area contributed by atoms with E-state index in [1.807, 2.05) is 24.3 Å². The topological polar surface area (TPSA) is 65.4 Å². The number of aryl methyl sites for hydroxylation is 1. The number of anilines is 1. The number of aromatic nitrogens is 2. The normalized spacial score (nSPS) is 11.5. The van der Waals surface area contributed by atoms with Gasteiger partial charge in [-0.3, -0.25) is 4.79 Å². The molecule has 0 saturated heterocycles. The maximum Gasteiger partial charge on any atom is 0.387 e. The summed E-state index contributed by atoms with van der Waals surface area (Å²) in [5.41, 5.74) is 2.24. The summed E-state index contributed by atoms with van der Waals surface area (Å²) >= 11 is 0. The smallest absolute Gasteiger partial charge is 0.387 e. The SMILES string of the molecule is Cc1ccc(NC(=O)c2ccn(COc3ccc(C(C)(C)C)cc3)n2)c(OC(F)F)c1. The molecule has 1 aromatic heterocycles. The second-order valence-electron chi connectivity index (χ2n) is 8.12. The third-order valence-electron chi connectivity index (χ3n) is 4.56. The lowest BCUT2D eigenvalue weighted by molar-refractivity contribution is -0.0494. The highest BCUT2D eigenvalue weighted by Gasteiger charge is 2.16. The van der Waals surface area contributed by atoms with Gasteiger partial charge in [0.25, 0.3) is 5.91 Å². The Hall–Kier alpha value is -3.42. The Labute approximate surface area is 179 Å². The van der Waals surface area contributed by atoms with Crippen LogP contribution in [-0.4, -0.2) is 22.3 Å². The number of rotatable bonds is 7. The Balaban J connectivity index is 1.62. The predicted octanol–water partition coefficient (Wildman–Crippen LogP) is 5.38. The first-order valence-electron chi connectivity index (χ1n) is 9.75. The van der Waals surface area contributed by atoms with Gasteiger partial charge in [0.05, 0.1) is 5.69 Å². The maximum absolute atomic E-state index is 12.6. The van der Waals surface area contributed by atoms with E-state index in [0.717, 1.165) is 5.56 Å². The summed E-state index contributed by atoms with van der Waals surface area (Å²) in [5.74, 6) is 0.0315. The minimum atomic E-state index is -2.99. The van der Waals surface area contributed by atoms with Crippen molar-refractivity contribution in [2.75, 3.05) is 5.32 Å². The molecule has 0 aliphatic heterocycles. The molecule has 1 amide bonds. The van der Waals surface area contributed by atoms with Crippen LogP contribution in [0, 0.1) is 6.92 Å². The van der Waals surface area contributed by atoms with E-state index in [4.69, 9.17) is 4.74 Å². The zero-order valence-corrected chi connectivity index (χ0v) is 17.9. The van der Waals surface area contributed by atoms with Crippen LogP contribution < -0.4 is 14.8 Å². The number of carbonyl (C=O) groups is 1. The Kier molecular flexibility index (Phi) is 6.58. The molecule has 0 bridgehead atoms. The van der Waals surface area contributed by atoms with Gasteiger partial charge in [0.2, 0.25) is 0 Å². The summed E-state index contributed by atoms with van der Waals surface area (Å²) in [5, 5.41) is 6.73. The van der Waals surface area contributed by atoms with Crippen LogP contribution in [0.25, 0.3) is 0 Å². The van der Waals surface area contributed by atoms with Crippen LogP contribution in [-0.2, 0) is 12.1 Å². The standard InChI is InChI=1S/C23H25F2N3O3/c1-15-5-10-18(20(13-15)31-22(24)25)26-21(29)19-11-12-28(27-19)14-30-17-8-6-16(7-9-17)23(2,3)4/h5-13,22H,14H2,1-4H3,(H,26,29). The molecule has 3 rings (SSSR count). The zero-order valence-electron chi connectivity index (χ0n) is 17.9. The molecule has 3 aromatic rings. The second kappa shape index (κ2) is 9.16. The van der Waals surface area contributed by atoms with Gasteiger partial charge in [-0.1, -0.05) is 39.0 Å². The Morgan fingerprint density at radius 1 is 1.13 bits per heavy atom. The minimum Gasteiger partial charge on any atom is -0.471 e. The number of nitrogens with zero attached hydrogens (tertiary/aromatic N) is 2. The average Bonchev–Trinajstić information content (AvgIpc) is 3.17. The summed E-state index contributed by atoms with van der Waals surface area (Å²) in [6.07, 6.45) is 1.60. The molecule has 0 fully saturated rings. The third kappa shape index (κ3) is 6.04. The Bertz CT molecular complexity index is 1040. The molecule has 1 N–H and O–H groups in total. The Morgan fingerprint density at radius 3 is 2.48 bits per heavy atom. The maximum atomic E-state index is 12.6. The number of alkyl halides is 2. The van der Waals surface area contributed by atoms with Crippen molar-refractivity contribution in [3.8, 4) is 11.5 Å². The summed E-state index contributed by atoms with van der Waals surface area (Å²) in [4.78, 5) is 12.5. The van der Waals surface area contributed by atoms with Crippen molar-refractivity contribution >= 4 is 11.6 Å². The number of hydrogen-bond donors (Lipinski definition) is 1. The molecule has 0 saturated carbocycles. The van der Waals surface area contributed by atoms with Crippen molar-refractivity contribution in [3.05, 3.63) is 71.5 Å². The van der Waals surface area contributed by atoms with Gasteiger partial charge >= 0.3 is 6.61 Å². The molecule has 31 heavy (non-hydrogen) atoms. The number of amides is 1. The first kappa shape index (κ1) is 22.3. The first-order valence-corrected chi connectivity index (χ1v) is 9.75. The van der Waals surface area contributed by atoms with Gasteiger partial charge in [0, 0.05) is 6.20 Å². The summed E-state index contributed by atoms with van der Waals surface area (Å²) in [6.45, 7) is 5.27. The molecular formula is C23H25F2N3O3. The zero-order chi connectivity index (χ0) is 22.6. The highest BCUT2D eigenvalue weighted by Crippen LogP contribution is 2.28. The van der Waals surface area contributed by atoms with E-state index in [0.29, 0.717) is 5.75 Å². The second-order valence-corrected chi connectivity index (χ2v) is 8.12. The fourth-order valence-corrected chi connectivity index (χ4v) is 2.86. The van der Waals surface area contributed by atoms with Crippen molar-refractivity contribution in [1.29, 1.82) is 0 Å². The van der Waals surface area contributed by atoms with Crippen molar-refractivity contribution in [1.82, 2.24) is 9.78 Å². The van der Waals surface area contributed by atoms with Gasteiger partial charge < -0.3 is 14.8 Å². The molecule has 1 heterocycles. The molecule has 164 valence electrons. The van der Waals surface area contributed by atoms with E-state index < -0.39 is 12.5 Å². The fourth-order valence-electron chi connectivity index (χ4n) is 2.86. The van der Waals surface area contributed by atoms with Crippen LogP contribution in [0.3, 0.4) is 0 Å². The van der Waals surface area contributed by atoms with Crippen LogP contribution in [0.5, 0.6) is 11.5 Å². The molecule has 0 spiro atoms. The van der Waals surface area contributed by atoms with Crippen molar-refractivity contribution in [2.24, 2.45) is 0 Å². The van der Waals surface area contributed by atoms with Gasteiger partial charge in [0.1, 0.15) is 11.5 Å².